The van der Waals surface area contributed by atoms with Crippen molar-refractivity contribution in [3.05, 3.63) is 54.7 Å². The number of ether oxygens (including phenoxy) is 3. The smallest absolute Gasteiger partial charge is 0.272 e. The van der Waals surface area contributed by atoms with Crippen LogP contribution in [0.5, 0.6) is 11.5 Å². The highest BCUT2D eigenvalue weighted by atomic mass is 16.5. The van der Waals surface area contributed by atoms with Crippen LogP contribution in [0.4, 0.5) is 5.69 Å². The molecule has 0 radical (unpaired) electrons. The first-order valence-electron chi connectivity index (χ1n) is 14.4. The van der Waals surface area contributed by atoms with Gasteiger partial charge in [0.05, 0.1) is 47.3 Å². The number of benzene rings is 1. The summed E-state index contributed by atoms with van der Waals surface area (Å²) in [6, 6.07) is 7.50. The first-order valence-corrected chi connectivity index (χ1v) is 14.4. The van der Waals surface area contributed by atoms with Crippen LogP contribution < -0.4 is 20.1 Å². The van der Waals surface area contributed by atoms with Crippen molar-refractivity contribution in [1.82, 2.24) is 39.6 Å². The molecule has 0 saturated carbocycles. The van der Waals surface area contributed by atoms with Crippen LogP contribution in [-0.2, 0) is 4.74 Å². The summed E-state index contributed by atoms with van der Waals surface area (Å²) in [7, 11) is 3.38. The Kier molecular flexibility index (Phi) is 7.25. The van der Waals surface area contributed by atoms with Gasteiger partial charge < -0.3 is 29.7 Å². The molecule has 13 heteroatoms. The maximum Gasteiger partial charge on any atom is 0.272 e. The summed E-state index contributed by atoms with van der Waals surface area (Å²) in [6.07, 6.45) is 9.29. The topological polar surface area (TPSA) is 133 Å². The van der Waals surface area contributed by atoms with Crippen LogP contribution in [0.1, 0.15) is 23.3 Å². The fraction of sp³-hybridized carbons (Fsp3) is 0.367. The normalized spacial score (nSPS) is 15.7. The lowest BCUT2D eigenvalue weighted by molar-refractivity contribution is 0.0413. The van der Waals surface area contributed by atoms with E-state index in [4.69, 9.17) is 24.3 Å². The number of methoxy groups -OCH3 is 2. The van der Waals surface area contributed by atoms with Crippen LogP contribution in [0.2, 0.25) is 0 Å². The third kappa shape index (κ3) is 5.10. The molecule has 1 amide bonds. The van der Waals surface area contributed by atoms with E-state index in [2.05, 4.69) is 25.6 Å². The molecule has 13 nitrogen and oxygen atoms in total. The maximum absolute atomic E-state index is 13.6. The molecule has 222 valence electrons. The van der Waals surface area contributed by atoms with E-state index in [1.807, 2.05) is 30.5 Å². The molecule has 2 aliphatic heterocycles. The van der Waals surface area contributed by atoms with Crippen molar-refractivity contribution in [2.24, 2.45) is 0 Å². The van der Waals surface area contributed by atoms with Crippen LogP contribution in [0.15, 0.2) is 49.1 Å². The summed E-state index contributed by atoms with van der Waals surface area (Å²) in [4.78, 5) is 25.1. The van der Waals surface area contributed by atoms with Crippen LogP contribution in [0.25, 0.3) is 33.5 Å². The number of pyridine rings is 1. The van der Waals surface area contributed by atoms with Crippen LogP contribution >= 0.6 is 0 Å². The number of hydrogen-bond acceptors (Lipinski definition) is 10. The maximum atomic E-state index is 13.6. The number of rotatable bonds is 8. The molecule has 2 aliphatic rings. The first-order chi connectivity index (χ1) is 21.1. The van der Waals surface area contributed by atoms with Gasteiger partial charge in [0.1, 0.15) is 23.8 Å². The van der Waals surface area contributed by atoms with Crippen molar-refractivity contribution in [3.8, 4) is 28.4 Å². The molecule has 1 saturated heterocycles. The second kappa shape index (κ2) is 11.5. The standard InChI is InChI=1S/C30H33N9O4/c1-41-19-4-10-37(11-5-19)12-7-33-30(40)28-21-17-34-22(20-18-35-38-9-3-6-32-29(20)38)14-24(21)39(36-28)25-16-26-23(15-27(25)42-2)31-8-13-43-26/h3,6,9,14-19,31H,4-5,7-8,10-13H2,1-2H3,(H,33,40). The molecule has 43 heavy (non-hydrogen) atoms. The third-order valence-electron chi connectivity index (χ3n) is 8.10. The summed E-state index contributed by atoms with van der Waals surface area (Å²) in [5.74, 6) is 1.01. The largest absolute Gasteiger partial charge is 0.494 e. The number of carbonyl (C=O) groups excluding carboxylic acids is 1. The lowest BCUT2D eigenvalue weighted by atomic mass is 10.1. The van der Waals surface area contributed by atoms with E-state index in [-0.39, 0.29) is 11.6 Å². The van der Waals surface area contributed by atoms with E-state index in [1.54, 1.807) is 42.0 Å². The average molecular weight is 584 g/mol. The summed E-state index contributed by atoms with van der Waals surface area (Å²) < 4.78 is 20.6. The van der Waals surface area contributed by atoms with Gasteiger partial charge in [-0.2, -0.15) is 10.2 Å². The predicted octanol–water partition coefficient (Wildman–Crippen LogP) is 2.78. The number of anilines is 1. The van der Waals surface area contributed by atoms with Crippen molar-refractivity contribution in [2.45, 2.75) is 18.9 Å². The molecule has 4 aromatic heterocycles. The first kappa shape index (κ1) is 27.1. The average Bonchev–Trinajstić information content (AvgIpc) is 3.66. The highest BCUT2D eigenvalue weighted by molar-refractivity contribution is 6.05. The minimum atomic E-state index is -0.266. The quantitative estimate of drug-likeness (QED) is 0.281. The fourth-order valence-electron chi connectivity index (χ4n) is 5.78. The molecule has 0 bridgehead atoms. The molecule has 0 aliphatic carbocycles. The monoisotopic (exact) mass is 583 g/mol. The predicted molar refractivity (Wildman–Crippen MR) is 160 cm³/mol. The Morgan fingerprint density at radius 1 is 1.16 bits per heavy atom. The van der Waals surface area contributed by atoms with Crippen LogP contribution in [0.3, 0.4) is 0 Å². The highest BCUT2D eigenvalue weighted by Gasteiger charge is 2.24. The minimum absolute atomic E-state index is 0.266. The molecule has 0 spiro atoms. The number of carbonyl (C=O) groups is 1. The summed E-state index contributed by atoms with van der Waals surface area (Å²) >= 11 is 0. The molecule has 5 aromatic rings. The van der Waals surface area contributed by atoms with Crippen molar-refractivity contribution >= 4 is 28.1 Å². The number of fused-ring (bicyclic) bond motifs is 3. The zero-order valence-corrected chi connectivity index (χ0v) is 24.1. The van der Waals surface area contributed by atoms with E-state index in [1.165, 1.54) is 0 Å². The van der Waals surface area contributed by atoms with Crippen LogP contribution in [0, 0.1) is 0 Å². The zero-order valence-electron chi connectivity index (χ0n) is 24.1. The van der Waals surface area contributed by atoms with Gasteiger partial charge in [-0.15, -0.1) is 0 Å². The lowest BCUT2D eigenvalue weighted by Crippen LogP contribution is -2.41. The highest BCUT2D eigenvalue weighted by Crippen LogP contribution is 2.38. The Labute approximate surface area is 247 Å². The van der Waals surface area contributed by atoms with Gasteiger partial charge in [-0.05, 0) is 25.0 Å². The second-order valence-corrected chi connectivity index (χ2v) is 10.6. The van der Waals surface area contributed by atoms with Gasteiger partial charge in [-0.1, -0.05) is 0 Å². The molecule has 0 unspecified atom stereocenters. The molecular formula is C30H33N9O4. The number of nitrogens with zero attached hydrogens (tertiary/aromatic N) is 7. The molecule has 7 rings (SSSR count). The van der Waals surface area contributed by atoms with E-state index < -0.39 is 0 Å². The van der Waals surface area contributed by atoms with Gasteiger partial charge in [0.2, 0.25) is 0 Å². The van der Waals surface area contributed by atoms with Gasteiger partial charge in [0.15, 0.2) is 11.3 Å². The Bertz CT molecular complexity index is 1790. The third-order valence-corrected chi connectivity index (χ3v) is 8.10. The van der Waals surface area contributed by atoms with Gasteiger partial charge in [0, 0.05) is 70.6 Å². The van der Waals surface area contributed by atoms with Crippen molar-refractivity contribution in [3.63, 3.8) is 0 Å². The molecular weight excluding hydrogens is 550 g/mol. The summed E-state index contributed by atoms with van der Waals surface area (Å²) in [6.45, 7) is 4.42. The van der Waals surface area contributed by atoms with Gasteiger partial charge in [0.25, 0.3) is 5.91 Å². The lowest BCUT2D eigenvalue weighted by Gasteiger charge is -2.31. The number of hydrogen-bond donors (Lipinski definition) is 2. The second-order valence-electron chi connectivity index (χ2n) is 10.6. The molecule has 1 fully saturated rings. The number of piperidine rings is 1. The number of aromatic nitrogens is 6. The Hall–Kier alpha value is -4.75. The van der Waals surface area contributed by atoms with E-state index in [0.29, 0.717) is 65.2 Å². The van der Waals surface area contributed by atoms with E-state index >= 15 is 0 Å². The molecule has 6 heterocycles. The van der Waals surface area contributed by atoms with Crippen LogP contribution in [-0.4, -0.2) is 99.8 Å². The van der Waals surface area contributed by atoms with Gasteiger partial charge in [-0.25, -0.2) is 14.2 Å². The summed E-state index contributed by atoms with van der Waals surface area (Å²) in [5, 5.41) is 16.3. The van der Waals surface area contributed by atoms with Gasteiger partial charge >= 0.3 is 0 Å². The molecule has 2 N–H and O–H groups in total. The Balaban J connectivity index is 1.26. The molecule has 0 atom stereocenters. The fourth-order valence-corrected chi connectivity index (χ4v) is 5.78. The zero-order chi connectivity index (χ0) is 29.3. The van der Waals surface area contributed by atoms with Crippen molar-refractivity contribution < 1.29 is 19.0 Å². The molecule has 1 aromatic carbocycles. The number of likely N-dealkylation sites (tertiary alicyclic amines) is 1. The summed E-state index contributed by atoms with van der Waals surface area (Å²) in [5.41, 5.74) is 4.56. The SMILES string of the molecule is COc1cc2c(cc1-n1nc(C(=O)NCCN3CCC(OC)CC3)c3cnc(-c4cnn5cccnc45)cc31)OCCN2. The number of nitrogens with one attached hydrogen (secondary N) is 2. The number of amides is 1. The Morgan fingerprint density at radius 2 is 2.05 bits per heavy atom. The van der Waals surface area contributed by atoms with Crippen molar-refractivity contribution in [2.75, 3.05) is 58.9 Å². The van der Waals surface area contributed by atoms with Gasteiger partial charge in [-0.3, -0.25) is 9.78 Å². The van der Waals surface area contributed by atoms with E-state index in [9.17, 15) is 4.79 Å². The minimum Gasteiger partial charge on any atom is -0.494 e. The van der Waals surface area contributed by atoms with E-state index in [0.717, 1.165) is 43.7 Å². The Morgan fingerprint density at radius 3 is 2.88 bits per heavy atom. The van der Waals surface area contributed by atoms with Crippen molar-refractivity contribution in [1.29, 1.82) is 0 Å².